The second-order valence-corrected chi connectivity index (χ2v) is 6.45. The van der Waals surface area contributed by atoms with Crippen LogP contribution >= 0.6 is 0 Å². The quantitative estimate of drug-likeness (QED) is 0.608. The van der Waals surface area contributed by atoms with Gasteiger partial charge < -0.3 is 9.80 Å². The van der Waals surface area contributed by atoms with Crippen LogP contribution in [0, 0.1) is 0 Å². The summed E-state index contributed by atoms with van der Waals surface area (Å²) in [6.07, 6.45) is 8.41. The molecular weight excluding hydrogens is 324 g/mol. The highest BCUT2D eigenvalue weighted by atomic mass is 16.2. The summed E-state index contributed by atoms with van der Waals surface area (Å²) in [7, 11) is 0. The lowest BCUT2D eigenvalue weighted by molar-refractivity contribution is -0.115. The second kappa shape index (κ2) is 10.6. The summed E-state index contributed by atoms with van der Waals surface area (Å²) in [5.41, 5.74) is 1.68. The maximum atomic E-state index is 12.5. The summed E-state index contributed by atoms with van der Waals surface area (Å²) in [5.74, 6) is -0.0586. The normalized spacial score (nSPS) is 13.8. The second-order valence-electron chi connectivity index (χ2n) is 6.45. The Balaban J connectivity index is 3.24. The van der Waals surface area contributed by atoms with Crippen LogP contribution in [0.25, 0.3) is 0 Å². The number of hydrogen-bond acceptors (Lipinski definition) is 2. The first-order valence-electron chi connectivity index (χ1n) is 9.42. The molecule has 0 saturated carbocycles. The van der Waals surface area contributed by atoms with Crippen molar-refractivity contribution in [3.8, 4) is 0 Å². The molecule has 0 fully saturated rings. The predicted molar refractivity (Wildman–Crippen MR) is 111 cm³/mol. The smallest absolute Gasteiger partial charge is 0.250 e. The summed E-state index contributed by atoms with van der Waals surface area (Å²) in [4.78, 5) is 28.5. The minimum atomic E-state index is -0.0293. The molecule has 0 aliphatic heterocycles. The number of anilines is 2. The van der Waals surface area contributed by atoms with E-state index in [0.717, 1.165) is 24.2 Å². The van der Waals surface area contributed by atoms with E-state index in [9.17, 15) is 9.59 Å². The maximum Gasteiger partial charge on any atom is 0.250 e. The van der Waals surface area contributed by atoms with Gasteiger partial charge in [-0.2, -0.15) is 0 Å². The molecule has 0 aliphatic carbocycles. The molecule has 26 heavy (non-hydrogen) atoms. The Labute approximate surface area is 158 Å². The van der Waals surface area contributed by atoms with E-state index in [4.69, 9.17) is 0 Å². The molecule has 1 rings (SSSR count). The van der Waals surface area contributed by atoms with Gasteiger partial charge in [-0.3, -0.25) is 9.59 Å². The predicted octanol–water partition coefficient (Wildman–Crippen LogP) is 5.10. The van der Waals surface area contributed by atoms with Crippen molar-refractivity contribution in [2.45, 2.75) is 66.5 Å². The molecule has 2 atom stereocenters. The summed E-state index contributed by atoms with van der Waals surface area (Å²) < 4.78 is 0. The van der Waals surface area contributed by atoms with E-state index < -0.39 is 0 Å². The van der Waals surface area contributed by atoms with Gasteiger partial charge in [-0.05, 0) is 77.0 Å². The van der Waals surface area contributed by atoms with Gasteiger partial charge in [-0.25, -0.2) is 0 Å². The molecule has 4 nitrogen and oxygen atoms in total. The molecule has 0 aromatic heterocycles. The summed E-state index contributed by atoms with van der Waals surface area (Å²) in [6.45, 7) is 11.9. The van der Waals surface area contributed by atoms with Crippen LogP contribution in [0.2, 0.25) is 0 Å². The number of amides is 2. The average molecular weight is 357 g/mol. The first-order valence-corrected chi connectivity index (χ1v) is 9.42. The molecule has 0 N–H and O–H groups in total. The molecule has 4 heteroatoms. The van der Waals surface area contributed by atoms with Gasteiger partial charge >= 0.3 is 0 Å². The van der Waals surface area contributed by atoms with Gasteiger partial charge in [-0.1, -0.05) is 26.0 Å². The van der Waals surface area contributed by atoms with Crippen molar-refractivity contribution in [1.82, 2.24) is 0 Å². The number of carbonyl (C=O) groups excluding carboxylic acids is 2. The van der Waals surface area contributed by atoms with Gasteiger partial charge in [0.2, 0.25) is 0 Å². The van der Waals surface area contributed by atoms with E-state index in [0.29, 0.717) is 0 Å². The van der Waals surface area contributed by atoms with Gasteiger partial charge in [-0.15, -0.1) is 0 Å². The van der Waals surface area contributed by atoms with Crippen molar-refractivity contribution in [2.75, 3.05) is 9.80 Å². The standard InChI is InChI=1S/C22H32N2O2/c1-7-11-21(25)23(17(5)9-3)19-13-15-20(16-14-19)24(18(6)10-4)22(26)12-8-2/h7-8,11-18H,9-10H2,1-6H3. The van der Waals surface area contributed by atoms with Crippen molar-refractivity contribution in [2.24, 2.45) is 0 Å². The lowest BCUT2D eigenvalue weighted by Crippen LogP contribution is -2.38. The van der Waals surface area contributed by atoms with Gasteiger partial charge in [0.15, 0.2) is 0 Å². The highest BCUT2D eigenvalue weighted by molar-refractivity contribution is 6.03. The van der Waals surface area contributed by atoms with Crippen molar-refractivity contribution in [3.63, 3.8) is 0 Å². The van der Waals surface area contributed by atoms with Gasteiger partial charge in [0, 0.05) is 23.5 Å². The van der Waals surface area contributed by atoms with Crippen molar-refractivity contribution < 1.29 is 9.59 Å². The zero-order valence-electron chi connectivity index (χ0n) is 16.9. The van der Waals surface area contributed by atoms with Crippen LogP contribution in [0.1, 0.15) is 54.4 Å². The van der Waals surface area contributed by atoms with Gasteiger partial charge in [0.25, 0.3) is 11.8 Å². The molecule has 1 aromatic carbocycles. The fourth-order valence-electron chi connectivity index (χ4n) is 2.78. The number of carbonyl (C=O) groups is 2. The molecule has 0 aliphatic rings. The molecule has 142 valence electrons. The zero-order valence-corrected chi connectivity index (χ0v) is 16.9. The third-order valence-corrected chi connectivity index (χ3v) is 4.56. The van der Waals surface area contributed by atoms with Crippen molar-refractivity contribution >= 4 is 23.2 Å². The molecule has 2 amide bonds. The molecule has 1 aromatic rings. The third kappa shape index (κ3) is 5.32. The van der Waals surface area contributed by atoms with Crippen LogP contribution in [0.4, 0.5) is 11.4 Å². The number of hydrogen-bond donors (Lipinski definition) is 0. The summed E-state index contributed by atoms with van der Waals surface area (Å²) in [5, 5.41) is 0. The highest BCUT2D eigenvalue weighted by Gasteiger charge is 2.21. The fourth-order valence-corrected chi connectivity index (χ4v) is 2.78. The maximum absolute atomic E-state index is 12.5. The van der Waals surface area contributed by atoms with E-state index in [2.05, 4.69) is 13.8 Å². The Morgan fingerprint density at radius 1 is 0.808 bits per heavy atom. The van der Waals surface area contributed by atoms with Crippen molar-refractivity contribution in [3.05, 3.63) is 48.6 Å². The van der Waals surface area contributed by atoms with Crippen LogP contribution in [-0.4, -0.2) is 23.9 Å². The number of rotatable bonds is 8. The van der Waals surface area contributed by atoms with Crippen LogP contribution in [0.5, 0.6) is 0 Å². The molecule has 0 radical (unpaired) electrons. The molecular formula is C22H32N2O2. The minimum Gasteiger partial charge on any atom is -0.306 e. The number of benzene rings is 1. The SMILES string of the molecule is CC=CC(=O)N(c1ccc(N(C(=O)C=CC)C(C)CC)cc1)C(C)CC. The molecule has 0 saturated heterocycles. The lowest BCUT2D eigenvalue weighted by atomic mass is 10.1. The largest absolute Gasteiger partial charge is 0.306 e. The van der Waals surface area contributed by atoms with E-state index in [1.807, 2.05) is 52.0 Å². The van der Waals surface area contributed by atoms with Crippen LogP contribution in [0.3, 0.4) is 0 Å². The van der Waals surface area contributed by atoms with Gasteiger partial charge in [0.05, 0.1) is 0 Å². The monoisotopic (exact) mass is 356 g/mol. The molecule has 0 heterocycles. The lowest BCUT2D eigenvalue weighted by Gasteiger charge is -2.30. The van der Waals surface area contributed by atoms with Crippen LogP contribution in [-0.2, 0) is 9.59 Å². The Kier molecular flexibility index (Phi) is 8.83. The van der Waals surface area contributed by atoms with Crippen LogP contribution < -0.4 is 9.80 Å². The van der Waals surface area contributed by atoms with E-state index in [1.54, 1.807) is 34.1 Å². The summed E-state index contributed by atoms with van der Waals surface area (Å²) in [6, 6.07) is 7.87. The number of allylic oxidation sites excluding steroid dienone is 2. The zero-order chi connectivity index (χ0) is 19.7. The molecule has 0 spiro atoms. The van der Waals surface area contributed by atoms with Crippen molar-refractivity contribution in [1.29, 1.82) is 0 Å². The van der Waals surface area contributed by atoms with Crippen LogP contribution in [0.15, 0.2) is 48.6 Å². The van der Waals surface area contributed by atoms with Gasteiger partial charge in [0.1, 0.15) is 0 Å². The molecule has 0 bridgehead atoms. The Hall–Kier alpha value is -2.36. The van der Waals surface area contributed by atoms with E-state index >= 15 is 0 Å². The Bertz CT molecular complexity index is 590. The van der Waals surface area contributed by atoms with E-state index in [1.165, 1.54) is 0 Å². The third-order valence-electron chi connectivity index (χ3n) is 4.56. The number of nitrogens with zero attached hydrogens (tertiary/aromatic N) is 2. The minimum absolute atomic E-state index is 0.0293. The molecule has 2 unspecified atom stereocenters. The summed E-state index contributed by atoms with van der Waals surface area (Å²) >= 11 is 0. The first-order chi connectivity index (χ1) is 12.4. The first kappa shape index (κ1) is 21.7. The highest BCUT2D eigenvalue weighted by Crippen LogP contribution is 2.26. The average Bonchev–Trinajstić information content (AvgIpc) is 2.63. The fraction of sp³-hybridized carbons (Fsp3) is 0.455. The topological polar surface area (TPSA) is 40.6 Å². The Morgan fingerprint density at radius 3 is 1.35 bits per heavy atom. The Morgan fingerprint density at radius 2 is 1.12 bits per heavy atom. The van der Waals surface area contributed by atoms with E-state index in [-0.39, 0.29) is 23.9 Å².